The monoisotopic (exact) mass is 699 g/mol. The standard InChI is InChI=1S/C50H41N3O/c1-50(2,3)40-29-39-35-17-12-16-34-38-28-37-30(27-44(38)53(47(34)35)48(39)46-36-15-6-7-20-45(36)54-49(40)46)21-22-33-31-13-4-5-14-32(31)42-19-9-11-25-52(42)43(33)23-26-51-24-10-8-18-41(37)51/h4-20,24-25,27-29,33,43H,21-23,26H2,1-3H3/q+2. The van der Waals surface area contributed by atoms with E-state index in [2.05, 4.69) is 168 Å². The third kappa shape index (κ3) is 4.03. The van der Waals surface area contributed by atoms with Gasteiger partial charge in [0.1, 0.15) is 11.2 Å². The third-order valence-electron chi connectivity index (χ3n) is 12.9. The summed E-state index contributed by atoms with van der Waals surface area (Å²) in [7, 11) is 0. The van der Waals surface area contributed by atoms with Crippen molar-refractivity contribution in [3.63, 3.8) is 0 Å². The fraction of sp³-hybridized carbons (Fsp3) is 0.200. The van der Waals surface area contributed by atoms with Gasteiger partial charge in [-0.3, -0.25) is 0 Å². The summed E-state index contributed by atoms with van der Waals surface area (Å²) in [5, 5.41) is 7.65. The van der Waals surface area contributed by atoms with Crippen molar-refractivity contribution in [2.75, 3.05) is 0 Å². The molecular formula is C50H41N3O+2. The van der Waals surface area contributed by atoms with Crippen molar-refractivity contribution in [2.24, 2.45) is 0 Å². The Morgan fingerprint density at radius 2 is 1.41 bits per heavy atom. The first kappa shape index (κ1) is 30.5. The Morgan fingerprint density at radius 3 is 2.30 bits per heavy atom. The molecule has 0 spiro atoms. The number of hydrogen-bond donors (Lipinski definition) is 0. The number of furan rings is 1. The van der Waals surface area contributed by atoms with Crippen molar-refractivity contribution in [1.29, 1.82) is 0 Å². The van der Waals surface area contributed by atoms with Crippen molar-refractivity contribution < 1.29 is 13.6 Å². The number of para-hydroxylation sites is 2. The summed E-state index contributed by atoms with van der Waals surface area (Å²) in [6.45, 7) is 7.87. The van der Waals surface area contributed by atoms with E-state index < -0.39 is 0 Å². The van der Waals surface area contributed by atoms with Crippen LogP contribution in [-0.4, -0.2) is 4.40 Å². The summed E-state index contributed by atoms with van der Waals surface area (Å²) in [5.74, 6) is 0.414. The zero-order valence-corrected chi connectivity index (χ0v) is 30.9. The van der Waals surface area contributed by atoms with Gasteiger partial charge in [0.2, 0.25) is 11.4 Å². The summed E-state index contributed by atoms with van der Waals surface area (Å²) < 4.78 is 14.5. The molecule has 260 valence electrons. The predicted octanol–water partition coefficient (Wildman–Crippen LogP) is 11.6. The summed E-state index contributed by atoms with van der Waals surface area (Å²) in [6.07, 6.45) is 7.76. The highest BCUT2D eigenvalue weighted by Crippen LogP contribution is 2.49. The molecule has 2 unspecified atom stereocenters. The molecule has 7 heterocycles. The lowest BCUT2D eigenvalue weighted by molar-refractivity contribution is -0.738. The molecule has 0 N–H and O–H groups in total. The van der Waals surface area contributed by atoms with Gasteiger partial charge in [-0.25, -0.2) is 0 Å². The molecule has 0 bridgehead atoms. The van der Waals surface area contributed by atoms with E-state index in [-0.39, 0.29) is 5.41 Å². The van der Waals surface area contributed by atoms with E-state index in [0.29, 0.717) is 12.0 Å². The number of rotatable bonds is 0. The quantitative estimate of drug-likeness (QED) is 0.145. The SMILES string of the molecule is CC(C)(C)c1cc2c3cccc4c5cc6c(cc5n(c43)c2c2c1oc1ccccc12)CCC1c2ccccc2-c2cccc[n+]2C1CC[n+]1ccccc1-6. The van der Waals surface area contributed by atoms with Gasteiger partial charge in [0.05, 0.1) is 33.9 Å². The molecule has 5 aromatic carbocycles. The van der Waals surface area contributed by atoms with E-state index in [4.69, 9.17) is 4.42 Å². The van der Waals surface area contributed by atoms with Crippen LogP contribution in [0, 0.1) is 0 Å². The first-order chi connectivity index (χ1) is 26.4. The minimum atomic E-state index is -0.0825. The van der Waals surface area contributed by atoms with Crippen molar-refractivity contribution in [1.82, 2.24) is 4.40 Å². The molecule has 0 saturated carbocycles. The van der Waals surface area contributed by atoms with Crippen molar-refractivity contribution in [3.05, 3.63) is 150 Å². The topological polar surface area (TPSA) is 25.3 Å². The lowest BCUT2D eigenvalue weighted by Crippen LogP contribution is -2.50. The van der Waals surface area contributed by atoms with E-state index in [1.165, 1.54) is 88.1 Å². The molecule has 5 aromatic heterocycles. The average Bonchev–Trinajstić information content (AvgIpc) is 3.85. The lowest BCUT2D eigenvalue weighted by Gasteiger charge is -2.31. The average molecular weight is 700 g/mol. The molecule has 10 aromatic rings. The van der Waals surface area contributed by atoms with Gasteiger partial charge in [-0.15, -0.1) is 0 Å². The Hall–Kier alpha value is -6.00. The van der Waals surface area contributed by atoms with E-state index in [0.717, 1.165) is 37.0 Å². The highest BCUT2D eigenvalue weighted by atomic mass is 16.3. The van der Waals surface area contributed by atoms with E-state index in [9.17, 15) is 0 Å². The molecule has 0 radical (unpaired) electrons. The smallest absolute Gasteiger partial charge is 0.213 e. The second-order valence-electron chi connectivity index (χ2n) is 16.8. The van der Waals surface area contributed by atoms with Gasteiger partial charge in [-0.05, 0) is 71.8 Å². The minimum Gasteiger partial charge on any atom is -0.456 e. The molecule has 4 nitrogen and oxygen atoms in total. The molecule has 2 aliphatic heterocycles. The Morgan fingerprint density at radius 1 is 0.648 bits per heavy atom. The molecule has 54 heavy (non-hydrogen) atoms. The summed E-state index contributed by atoms with van der Waals surface area (Å²) >= 11 is 0. The lowest BCUT2D eigenvalue weighted by atomic mass is 9.78. The summed E-state index contributed by atoms with van der Waals surface area (Å²) in [4.78, 5) is 0. The van der Waals surface area contributed by atoms with Gasteiger partial charge in [-0.2, -0.15) is 9.13 Å². The molecule has 0 aliphatic carbocycles. The van der Waals surface area contributed by atoms with Crippen LogP contribution in [0.4, 0.5) is 0 Å². The van der Waals surface area contributed by atoms with Crippen LogP contribution in [0.3, 0.4) is 0 Å². The summed E-state index contributed by atoms with van der Waals surface area (Å²) in [6, 6.07) is 46.0. The predicted molar refractivity (Wildman–Crippen MR) is 219 cm³/mol. The van der Waals surface area contributed by atoms with Crippen LogP contribution in [-0.2, 0) is 18.4 Å². The van der Waals surface area contributed by atoms with Gasteiger partial charge in [0, 0.05) is 68.2 Å². The normalized spacial score (nSPS) is 17.2. The first-order valence-corrected chi connectivity index (χ1v) is 19.6. The highest BCUT2D eigenvalue weighted by Gasteiger charge is 2.41. The Balaban J connectivity index is 1.16. The van der Waals surface area contributed by atoms with Crippen LogP contribution in [0.25, 0.3) is 82.5 Å². The number of benzene rings is 5. The maximum absolute atomic E-state index is 6.79. The molecule has 0 amide bonds. The van der Waals surface area contributed by atoms with Gasteiger partial charge < -0.3 is 8.82 Å². The number of fused-ring (bicyclic) bond motifs is 19. The fourth-order valence-corrected chi connectivity index (χ4v) is 10.5. The zero-order valence-electron chi connectivity index (χ0n) is 30.9. The number of nitrogens with zero attached hydrogens (tertiary/aromatic N) is 3. The molecule has 0 saturated heterocycles. The largest absolute Gasteiger partial charge is 0.456 e. The fourth-order valence-electron chi connectivity index (χ4n) is 10.5. The second-order valence-corrected chi connectivity index (χ2v) is 16.8. The Labute approximate surface area is 313 Å². The van der Waals surface area contributed by atoms with Gasteiger partial charge >= 0.3 is 0 Å². The van der Waals surface area contributed by atoms with Crippen LogP contribution < -0.4 is 9.13 Å². The van der Waals surface area contributed by atoms with Crippen LogP contribution in [0.1, 0.15) is 62.3 Å². The Kier molecular flexibility index (Phi) is 6.09. The molecular weight excluding hydrogens is 659 g/mol. The van der Waals surface area contributed by atoms with Crippen LogP contribution in [0.15, 0.2) is 138 Å². The highest BCUT2D eigenvalue weighted by molar-refractivity contribution is 6.30. The van der Waals surface area contributed by atoms with Crippen LogP contribution in [0.5, 0.6) is 0 Å². The minimum absolute atomic E-state index is 0.0825. The van der Waals surface area contributed by atoms with Crippen LogP contribution >= 0.6 is 0 Å². The summed E-state index contributed by atoms with van der Waals surface area (Å²) in [5.41, 5.74) is 15.2. The van der Waals surface area contributed by atoms with Crippen LogP contribution in [0.2, 0.25) is 0 Å². The molecule has 12 rings (SSSR count). The van der Waals surface area contributed by atoms with Crippen molar-refractivity contribution in [3.8, 4) is 22.5 Å². The zero-order chi connectivity index (χ0) is 35.9. The van der Waals surface area contributed by atoms with E-state index >= 15 is 0 Å². The maximum atomic E-state index is 6.79. The third-order valence-corrected chi connectivity index (χ3v) is 12.9. The number of aromatic nitrogens is 3. The molecule has 2 atom stereocenters. The van der Waals surface area contributed by atoms with E-state index in [1.807, 2.05) is 0 Å². The van der Waals surface area contributed by atoms with Gasteiger partial charge in [0.15, 0.2) is 25.0 Å². The molecule has 0 fully saturated rings. The second kappa shape index (κ2) is 10.8. The van der Waals surface area contributed by atoms with Gasteiger partial charge in [0.25, 0.3) is 0 Å². The van der Waals surface area contributed by atoms with E-state index in [1.54, 1.807) is 0 Å². The Bertz CT molecular complexity index is 3170. The van der Waals surface area contributed by atoms with Crippen molar-refractivity contribution in [2.45, 2.75) is 64.0 Å². The number of aryl methyl sites for hydroxylation is 2. The first-order valence-electron chi connectivity index (χ1n) is 19.6. The number of pyridine rings is 2. The van der Waals surface area contributed by atoms with Crippen molar-refractivity contribution >= 4 is 60.0 Å². The maximum Gasteiger partial charge on any atom is 0.213 e. The molecule has 4 heteroatoms. The molecule has 2 aliphatic rings. The van der Waals surface area contributed by atoms with Gasteiger partial charge in [-0.1, -0.05) is 75.4 Å². The number of hydrogen-bond acceptors (Lipinski definition) is 1.